The average Bonchev–Trinajstić information content (AvgIpc) is 2.69. The molecule has 1 aliphatic rings. The zero-order valence-electron chi connectivity index (χ0n) is 15.4. The Kier molecular flexibility index (Phi) is 5.90. The van der Waals surface area contributed by atoms with E-state index < -0.39 is 11.0 Å². The van der Waals surface area contributed by atoms with Crippen LogP contribution in [0.25, 0.3) is 0 Å². The standard InChI is InChI=1S/C20H24N4O3/c1-15(20(25)22-17-6-5-7-19(14-17)24(26)27)21-16-8-10-18(11-9-16)23-12-3-2-4-13-23/h5-11,14-15,21H,2-4,12-13H2,1H3,(H,22,25)/t15-/m1/s1. The fourth-order valence-corrected chi connectivity index (χ4v) is 3.18. The van der Waals surface area contributed by atoms with Crippen molar-refractivity contribution >= 4 is 28.7 Å². The van der Waals surface area contributed by atoms with Gasteiger partial charge in [0.05, 0.1) is 4.92 Å². The predicted octanol–water partition coefficient (Wildman–Crippen LogP) is 4.02. The van der Waals surface area contributed by atoms with Gasteiger partial charge >= 0.3 is 0 Å². The van der Waals surface area contributed by atoms with E-state index in [4.69, 9.17) is 0 Å². The summed E-state index contributed by atoms with van der Waals surface area (Å²) in [4.78, 5) is 25.1. The number of carbonyl (C=O) groups is 1. The molecule has 0 unspecified atom stereocenters. The van der Waals surface area contributed by atoms with Crippen molar-refractivity contribution in [3.8, 4) is 0 Å². The molecule has 0 aliphatic carbocycles. The number of nitrogens with one attached hydrogen (secondary N) is 2. The van der Waals surface area contributed by atoms with Crippen LogP contribution in [0.3, 0.4) is 0 Å². The van der Waals surface area contributed by atoms with Crippen LogP contribution in [0.1, 0.15) is 26.2 Å². The molecule has 3 rings (SSSR count). The van der Waals surface area contributed by atoms with Gasteiger partial charge in [-0.1, -0.05) is 6.07 Å². The number of nitrogens with zero attached hydrogens (tertiary/aromatic N) is 2. The van der Waals surface area contributed by atoms with E-state index in [2.05, 4.69) is 27.7 Å². The van der Waals surface area contributed by atoms with Crippen molar-refractivity contribution in [2.24, 2.45) is 0 Å². The SMILES string of the molecule is C[C@@H](Nc1ccc(N2CCCCC2)cc1)C(=O)Nc1cccc([N+](=O)[O-])c1. The van der Waals surface area contributed by atoms with Gasteiger partial charge in [-0.25, -0.2) is 0 Å². The molecule has 0 spiro atoms. The lowest BCUT2D eigenvalue weighted by atomic mass is 10.1. The summed E-state index contributed by atoms with van der Waals surface area (Å²) in [6.45, 7) is 3.94. The highest BCUT2D eigenvalue weighted by Crippen LogP contribution is 2.22. The molecule has 1 fully saturated rings. The minimum atomic E-state index is -0.485. The first-order chi connectivity index (χ1) is 13.0. The molecule has 2 aromatic rings. The summed E-state index contributed by atoms with van der Waals surface area (Å²) in [5.74, 6) is -0.254. The van der Waals surface area contributed by atoms with E-state index in [1.54, 1.807) is 19.1 Å². The summed E-state index contributed by atoms with van der Waals surface area (Å²) in [5.41, 5.74) is 2.41. The van der Waals surface area contributed by atoms with Crippen molar-refractivity contribution in [3.63, 3.8) is 0 Å². The largest absolute Gasteiger partial charge is 0.374 e. The maximum absolute atomic E-state index is 12.4. The minimum Gasteiger partial charge on any atom is -0.374 e. The molecule has 0 saturated carbocycles. The van der Waals surface area contributed by atoms with E-state index in [1.807, 2.05) is 12.1 Å². The third-order valence-electron chi connectivity index (χ3n) is 4.69. The van der Waals surface area contributed by atoms with Crippen LogP contribution in [0.5, 0.6) is 0 Å². The maximum Gasteiger partial charge on any atom is 0.271 e. The highest BCUT2D eigenvalue weighted by Gasteiger charge is 2.15. The van der Waals surface area contributed by atoms with Crippen molar-refractivity contribution in [1.29, 1.82) is 0 Å². The Balaban J connectivity index is 1.57. The lowest BCUT2D eigenvalue weighted by Gasteiger charge is -2.29. The summed E-state index contributed by atoms with van der Waals surface area (Å²) < 4.78 is 0. The van der Waals surface area contributed by atoms with Gasteiger partial charge in [0.2, 0.25) is 5.91 Å². The number of nitro groups is 1. The number of benzene rings is 2. The van der Waals surface area contributed by atoms with Crippen LogP contribution in [0, 0.1) is 10.1 Å². The highest BCUT2D eigenvalue weighted by molar-refractivity contribution is 5.96. The third kappa shape index (κ3) is 4.97. The number of rotatable bonds is 6. The van der Waals surface area contributed by atoms with E-state index in [0.29, 0.717) is 5.69 Å². The van der Waals surface area contributed by atoms with Gasteiger partial charge in [-0.05, 0) is 56.5 Å². The van der Waals surface area contributed by atoms with Gasteiger partial charge in [0, 0.05) is 42.3 Å². The molecule has 0 bridgehead atoms. The number of amides is 1. The maximum atomic E-state index is 12.4. The molecule has 1 atom stereocenters. The summed E-state index contributed by atoms with van der Waals surface area (Å²) >= 11 is 0. The first-order valence-electron chi connectivity index (χ1n) is 9.20. The number of carbonyl (C=O) groups excluding carboxylic acids is 1. The van der Waals surface area contributed by atoms with Crippen LogP contribution in [-0.2, 0) is 4.79 Å². The third-order valence-corrected chi connectivity index (χ3v) is 4.69. The normalized spacial score (nSPS) is 15.1. The molecule has 1 saturated heterocycles. The zero-order chi connectivity index (χ0) is 19.2. The van der Waals surface area contributed by atoms with Gasteiger partial charge in [0.1, 0.15) is 6.04 Å². The summed E-state index contributed by atoms with van der Waals surface area (Å²) in [7, 11) is 0. The van der Waals surface area contributed by atoms with Crippen LogP contribution in [-0.4, -0.2) is 30.0 Å². The number of hydrogen-bond acceptors (Lipinski definition) is 5. The Morgan fingerprint density at radius 2 is 1.78 bits per heavy atom. The molecule has 142 valence electrons. The molecule has 7 heteroatoms. The van der Waals surface area contributed by atoms with Crippen molar-refractivity contribution in [2.75, 3.05) is 28.6 Å². The van der Waals surface area contributed by atoms with Crippen LogP contribution in [0.2, 0.25) is 0 Å². The Hall–Kier alpha value is -3.09. The summed E-state index contributed by atoms with van der Waals surface area (Å²) in [6.07, 6.45) is 3.76. The highest BCUT2D eigenvalue weighted by atomic mass is 16.6. The van der Waals surface area contributed by atoms with Crippen LogP contribution in [0.4, 0.5) is 22.7 Å². The Bertz CT molecular complexity index is 801. The van der Waals surface area contributed by atoms with Gasteiger partial charge in [-0.2, -0.15) is 0 Å². The Morgan fingerprint density at radius 3 is 2.44 bits per heavy atom. The minimum absolute atomic E-state index is 0.0540. The number of nitro benzene ring substituents is 1. The Labute approximate surface area is 158 Å². The van der Waals surface area contributed by atoms with E-state index >= 15 is 0 Å². The van der Waals surface area contributed by atoms with E-state index in [1.165, 1.54) is 37.1 Å². The molecule has 1 aliphatic heterocycles. The van der Waals surface area contributed by atoms with E-state index in [9.17, 15) is 14.9 Å². The first-order valence-corrected chi connectivity index (χ1v) is 9.20. The van der Waals surface area contributed by atoms with E-state index in [-0.39, 0.29) is 11.6 Å². The molecule has 0 aromatic heterocycles. The summed E-state index contributed by atoms with van der Waals surface area (Å²) in [5, 5.41) is 16.7. The topological polar surface area (TPSA) is 87.5 Å². The molecular weight excluding hydrogens is 344 g/mol. The smallest absolute Gasteiger partial charge is 0.271 e. The van der Waals surface area contributed by atoms with Crippen LogP contribution < -0.4 is 15.5 Å². The van der Waals surface area contributed by atoms with Gasteiger partial charge in [-0.3, -0.25) is 14.9 Å². The lowest BCUT2D eigenvalue weighted by Crippen LogP contribution is -2.32. The fourth-order valence-electron chi connectivity index (χ4n) is 3.18. The van der Waals surface area contributed by atoms with E-state index in [0.717, 1.165) is 18.8 Å². The molecule has 1 amide bonds. The molecule has 2 aromatic carbocycles. The van der Waals surface area contributed by atoms with Crippen LogP contribution in [0.15, 0.2) is 48.5 Å². The lowest BCUT2D eigenvalue weighted by molar-refractivity contribution is -0.384. The second-order valence-corrected chi connectivity index (χ2v) is 6.76. The monoisotopic (exact) mass is 368 g/mol. The first kappa shape index (κ1) is 18.7. The molecule has 2 N–H and O–H groups in total. The second kappa shape index (κ2) is 8.53. The van der Waals surface area contributed by atoms with Crippen molar-refractivity contribution < 1.29 is 9.72 Å². The molecule has 0 radical (unpaired) electrons. The van der Waals surface area contributed by atoms with Crippen molar-refractivity contribution in [2.45, 2.75) is 32.2 Å². The van der Waals surface area contributed by atoms with Crippen molar-refractivity contribution in [1.82, 2.24) is 0 Å². The molecule has 7 nitrogen and oxygen atoms in total. The van der Waals surface area contributed by atoms with Gasteiger partial charge in [-0.15, -0.1) is 0 Å². The van der Waals surface area contributed by atoms with Gasteiger partial charge in [0.25, 0.3) is 5.69 Å². The number of hydrogen-bond donors (Lipinski definition) is 2. The molecule has 27 heavy (non-hydrogen) atoms. The predicted molar refractivity (Wildman–Crippen MR) is 107 cm³/mol. The second-order valence-electron chi connectivity index (χ2n) is 6.76. The number of piperidine rings is 1. The quantitative estimate of drug-likeness (QED) is 0.594. The summed E-state index contributed by atoms with van der Waals surface area (Å²) in [6, 6.07) is 13.5. The average molecular weight is 368 g/mol. The number of anilines is 3. The molecular formula is C20H24N4O3. The molecule has 1 heterocycles. The van der Waals surface area contributed by atoms with Crippen LogP contribution >= 0.6 is 0 Å². The zero-order valence-corrected chi connectivity index (χ0v) is 15.4. The Morgan fingerprint density at radius 1 is 1.07 bits per heavy atom. The van der Waals surface area contributed by atoms with Crippen molar-refractivity contribution in [3.05, 3.63) is 58.6 Å². The number of non-ortho nitro benzene ring substituents is 1. The van der Waals surface area contributed by atoms with Gasteiger partial charge < -0.3 is 15.5 Å². The van der Waals surface area contributed by atoms with Gasteiger partial charge in [0.15, 0.2) is 0 Å². The fraction of sp³-hybridized carbons (Fsp3) is 0.350.